The van der Waals surface area contributed by atoms with Crippen LogP contribution in [0.5, 0.6) is 0 Å². The monoisotopic (exact) mass is 294 g/mol. The molecule has 0 aromatic heterocycles. The molecule has 0 bridgehead atoms. The van der Waals surface area contributed by atoms with Crippen molar-refractivity contribution in [3.8, 4) is 11.1 Å². The van der Waals surface area contributed by atoms with Crippen LogP contribution in [0.1, 0.15) is 18.1 Å². The quantitative estimate of drug-likeness (QED) is 0.794. The average Bonchev–Trinajstić information content (AvgIpc) is 2.70. The van der Waals surface area contributed by atoms with Crippen molar-refractivity contribution in [2.24, 2.45) is 0 Å². The highest BCUT2D eigenvalue weighted by molar-refractivity contribution is 6.83. The Hall–Kier alpha value is -1.64. The van der Waals surface area contributed by atoms with E-state index >= 15 is 0 Å². The van der Waals surface area contributed by atoms with E-state index < -0.39 is 13.7 Å². The van der Waals surface area contributed by atoms with Gasteiger partial charge in [-0.2, -0.15) is 0 Å². The van der Waals surface area contributed by atoms with Gasteiger partial charge in [0.15, 0.2) is 0 Å². The van der Waals surface area contributed by atoms with E-state index in [-0.39, 0.29) is 0 Å². The van der Waals surface area contributed by atoms with Crippen molar-refractivity contribution in [1.82, 2.24) is 0 Å². The Kier molecular flexibility index (Phi) is 3.19. The summed E-state index contributed by atoms with van der Waals surface area (Å²) in [7, 11) is -1.65. The summed E-state index contributed by atoms with van der Waals surface area (Å²) in [6, 6.07) is 16.5. The molecule has 2 aromatic rings. The molecular formula is C19H22OSi. The molecular weight excluding hydrogens is 272 g/mol. The first-order valence-corrected chi connectivity index (χ1v) is 11.0. The van der Waals surface area contributed by atoms with Gasteiger partial charge >= 0.3 is 0 Å². The molecule has 0 aliphatic heterocycles. The third-order valence-corrected chi connectivity index (χ3v) is 6.68. The van der Waals surface area contributed by atoms with E-state index in [4.69, 9.17) is 0 Å². The van der Waals surface area contributed by atoms with Crippen LogP contribution in [0.4, 0.5) is 0 Å². The molecule has 21 heavy (non-hydrogen) atoms. The molecule has 0 saturated carbocycles. The maximum Gasteiger partial charge on any atom is 0.134 e. The van der Waals surface area contributed by atoms with Crippen molar-refractivity contribution in [1.29, 1.82) is 0 Å². The minimum absolute atomic E-state index is 0.966. The number of benzene rings is 2. The van der Waals surface area contributed by atoms with Gasteiger partial charge in [0.25, 0.3) is 0 Å². The normalized spacial score (nSPS) is 16.5. The number of fused-ring (bicyclic) bond motifs is 3. The second kappa shape index (κ2) is 4.69. The Labute approximate surface area is 128 Å². The standard InChI is InChI=1S/C19H22OSi/c1-5-18(21(2,3)4)19(20)16-12-8-6-10-14(16)15-11-7-9-13-17(15)19/h5-13,20H,1-4H3/b18-5-. The zero-order valence-electron chi connectivity index (χ0n) is 13.1. The Bertz CT molecular complexity index is 677. The third kappa shape index (κ3) is 1.94. The van der Waals surface area contributed by atoms with E-state index in [1.165, 1.54) is 5.20 Å². The second-order valence-corrected chi connectivity index (χ2v) is 11.8. The summed E-state index contributed by atoms with van der Waals surface area (Å²) in [5, 5.41) is 12.9. The van der Waals surface area contributed by atoms with Gasteiger partial charge in [-0.05, 0) is 34.4 Å². The zero-order valence-corrected chi connectivity index (χ0v) is 14.1. The fourth-order valence-corrected chi connectivity index (χ4v) is 5.91. The van der Waals surface area contributed by atoms with E-state index in [0.29, 0.717) is 0 Å². The SMILES string of the molecule is C/C=C(/C1(O)c2ccccc2-c2ccccc21)[Si](C)(C)C. The molecule has 1 N–H and O–H groups in total. The maximum absolute atomic E-state index is 11.8. The molecule has 0 amide bonds. The summed E-state index contributed by atoms with van der Waals surface area (Å²) in [4.78, 5) is 0. The predicted octanol–water partition coefficient (Wildman–Crippen LogP) is 4.73. The van der Waals surface area contributed by atoms with Crippen molar-refractivity contribution in [3.63, 3.8) is 0 Å². The number of aliphatic hydroxyl groups is 1. The van der Waals surface area contributed by atoms with Crippen molar-refractivity contribution in [2.45, 2.75) is 32.2 Å². The molecule has 108 valence electrons. The van der Waals surface area contributed by atoms with Crippen LogP contribution >= 0.6 is 0 Å². The summed E-state index contributed by atoms with van der Waals surface area (Å²) >= 11 is 0. The molecule has 2 heteroatoms. The molecule has 2 aromatic carbocycles. The third-order valence-electron chi connectivity index (χ3n) is 4.41. The molecule has 1 aliphatic rings. The van der Waals surface area contributed by atoms with E-state index in [9.17, 15) is 5.11 Å². The lowest BCUT2D eigenvalue weighted by atomic mass is 9.90. The average molecular weight is 294 g/mol. The number of rotatable bonds is 2. The second-order valence-electron chi connectivity index (χ2n) is 6.75. The van der Waals surface area contributed by atoms with Crippen LogP contribution in [0.25, 0.3) is 11.1 Å². The molecule has 0 atom stereocenters. The summed E-state index contributed by atoms with van der Waals surface area (Å²) in [5.74, 6) is 0. The summed E-state index contributed by atoms with van der Waals surface area (Å²) in [6.45, 7) is 8.94. The first-order chi connectivity index (χ1) is 9.90. The highest BCUT2D eigenvalue weighted by Gasteiger charge is 2.47. The summed E-state index contributed by atoms with van der Waals surface area (Å²) in [6.07, 6.45) is 2.13. The summed E-state index contributed by atoms with van der Waals surface area (Å²) < 4.78 is 0. The number of allylic oxidation sites excluding steroid dienone is 1. The van der Waals surface area contributed by atoms with Crippen molar-refractivity contribution < 1.29 is 5.11 Å². The van der Waals surface area contributed by atoms with Gasteiger partial charge in [0, 0.05) is 0 Å². The maximum atomic E-state index is 11.8. The van der Waals surface area contributed by atoms with Gasteiger partial charge in [0.1, 0.15) is 5.60 Å². The van der Waals surface area contributed by atoms with E-state index in [2.05, 4.69) is 56.9 Å². The van der Waals surface area contributed by atoms with Gasteiger partial charge in [-0.1, -0.05) is 74.2 Å². The van der Waals surface area contributed by atoms with E-state index in [0.717, 1.165) is 22.3 Å². The lowest BCUT2D eigenvalue weighted by Gasteiger charge is -2.36. The molecule has 0 radical (unpaired) electrons. The van der Waals surface area contributed by atoms with E-state index in [1.54, 1.807) is 0 Å². The van der Waals surface area contributed by atoms with Gasteiger partial charge in [0.05, 0.1) is 8.07 Å². The van der Waals surface area contributed by atoms with E-state index in [1.807, 2.05) is 24.3 Å². The van der Waals surface area contributed by atoms with Gasteiger partial charge in [-0.15, -0.1) is 0 Å². The molecule has 1 nitrogen and oxygen atoms in total. The molecule has 0 fully saturated rings. The lowest BCUT2D eigenvalue weighted by Crippen LogP contribution is -2.40. The molecule has 0 spiro atoms. The van der Waals surface area contributed by atoms with Crippen molar-refractivity contribution in [3.05, 3.63) is 70.9 Å². The fraction of sp³-hybridized carbons (Fsp3) is 0.263. The largest absolute Gasteiger partial charge is 0.377 e. The van der Waals surface area contributed by atoms with Crippen LogP contribution < -0.4 is 0 Å². The highest BCUT2D eigenvalue weighted by Crippen LogP contribution is 2.52. The Morgan fingerprint density at radius 1 is 0.905 bits per heavy atom. The Morgan fingerprint density at radius 3 is 1.71 bits per heavy atom. The minimum atomic E-state index is -1.65. The van der Waals surface area contributed by atoms with Gasteiger partial charge in [-0.25, -0.2) is 0 Å². The van der Waals surface area contributed by atoms with Gasteiger partial charge in [-0.3, -0.25) is 0 Å². The first kappa shape index (κ1) is 14.3. The highest BCUT2D eigenvalue weighted by atomic mass is 28.3. The van der Waals surface area contributed by atoms with Crippen molar-refractivity contribution in [2.75, 3.05) is 0 Å². The van der Waals surface area contributed by atoms with Gasteiger partial charge < -0.3 is 5.11 Å². The Morgan fingerprint density at radius 2 is 1.33 bits per heavy atom. The van der Waals surface area contributed by atoms with Crippen LogP contribution in [0.15, 0.2) is 59.8 Å². The Balaban J connectivity index is 2.38. The lowest BCUT2D eigenvalue weighted by molar-refractivity contribution is 0.132. The fourth-order valence-electron chi connectivity index (χ4n) is 3.69. The topological polar surface area (TPSA) is 20.2 Å². The van der Waals surface area contributed by atoms with Crippen LogP contribution in [0, 0.1) is 0 Å². The van der Waals surface area contributed by atoms with Gasteiger partial charge in [0.2, 0.25) is 0 Å². The number of hydrogen-bond acceptors (Lipinski definition) is 1. The van der Waals surface area contributed by atoms with Crippen LogP contribution in [0.3, 0.4) is 0 Å². The first-order valence-electron chi connectivity index (χ1n) is 7.49. The minimum Gasteiger partial charge on any atom is -0.377 e. The molecule has 0 heterocycles. The molecule has 3 rings (SSSR count). The molecule has 1 aliphatic carbocycles. The zero-order chi connectivity index (χ0) is 15.3. The molecule has 0 unspecified atom stereocenters. The van der Waals surface area contributed by atoms with Crippen LogP contribution in [-0.4, -0.2) is 13.2 Å². The van der Waals surface area contributed by atoms with Crippen LogP contribution in [0.2, 0.25) is 19.6 Å². The van der Waals surface area contributed by atoms with Crippen molar-refractivity contribution >= 4 is 8.07 Å². The number of hydrogen-bond donors (Lipinski definition) is 1. The predicted molar refractivity (Wildman–Crippen MR) is 92.0 cm³/mol. The smallest absolute Gasteiger partial charge is 0.134 e. The molecule has 0 saturated heterocycles. The van der Waals surface area contributed by atoms with Crippen LogP contribution in [-0.2, 0) is 5.60 Å². The summed E-state index contributed by atoms with van der Waals surface area (Å²) in [5.41, 5.74) is 3.41.